The Morgan fingerprint density at radius 3 is 2.56 bits per heavy atom. The van der Waals surface area contributed by atoms with Crippen LogP contribution in [0, 0.1) is 11.3 Å². The van der Waals surface area contributed by atoms with E-state index in [9.17, 15) is 9.59 Å². The Labute approximate surface area is 145 Å². The number of ether oxygens (including phenoxy) is 1. The lowest BCUT2D eigenvalue weighted by Gasteiger charge is -2.07. The Morgan fingerprint density at radius 2 is 1.84 bits per heavy atom. The monoisotopic (exact) mass is 335 g/mol. The molecule has 2 amide bonds. The van der Waals surface area contributed by atoms with Crippen LogP contribution in [0.25, 0.3) is 6.08 Å². The summed E-state index contributed by atoms with van der Waals surface area (Å²) in [5.41, 5.74) is 1.83. The van der Waals surface area contributed by atoms with Crippen molar-refractivity contribution in [3.63, 3.8) is 0 Å². The Bertz CT molecular complexity index is 838. The van der Waals surface area contributed by atoms with Crippen LogP contribution in [0.4, 0.5) is 11.4 Å². The van der Waals surface area contributed by atoms with Gasteiger partial charge < -0.3 is 15.4 Å². The Morgan fingerprint density at radius 1 is 1.12 bits per heavy atom. The van der Waals surface area contributed by atoms with Gasteiger partial charge in [0.05, 0.1) is 13.2 Å². The summed E-state index contributed by atoms with van der Waals surface area (Å²) >= 11 is 0. The maximum atomic E-state index is 12.1. The Hall–Kier alpha value is -3.59. The van der Waals surface area contributed by atoms with Crippen molar-refractivity contribution in [3.05, 3.63) is 60.2 Å². The summed E-state index contributed by atoms with van der Waals surface area (Å²) in [5, 5.41) is 13.8. The van der Waals surface area contributed by atoms with E-state index in [1.807, 2.05) is 24.3 Å². The highest BCUT2D eigenvalue weighted by atomic mass is 16.5. The predicted octanol–water partition coefficient (Wildman–Crippen LogP) is 3.20. The first kappa shape index (κ1) is 17.8. The molecule has 2 rings (SSSR count). The van der Waals surface area contributed by atoms with Crippen LogP contribution < -0.4 is 15.4 Å². The number of rotatable bonds is 6. The van der Waals surface area contributed by atoms with Gasteiger partial charge in [0.15, 0.2) is 0 Å². The van der Waals surface area contributed by atoms with Crippen LogP contribution in [0.15, 0.2) is 54.6 Å². The molecule has 2 aromatic rings. The first-order valence-corrected chi connectivity index (χ1v) is 7.51. The number of hydrogen-bond donors (Lipinski definition) is 2. The van der Waals surface area contributed by atoms with E-state index in [1.165, 1.54) is 6.08 Å². The number of amides is 2. The summed E-state index contributed by atoms with van der Waals surface area (Å²) in [6, 6.07) is 15.8. The second kappa shape index (κ2) is 8.89. The molecule has 6 heteroatoms. The van der Waals surface area contributed by atoms with E-state index in [0.717, 1.165) is 5.56 Å². The number of hydrogen-bond acceptors (Lipinski definition) is 4. The number of carbonyl (C=O) groups excluding carboxylic acids is 2. The molecule has 0 spiro atoms. The number of carbonyl (C=O) groups is 2. The summed E-state index contributed by atoms with van der Waals surface area (Å²) < 4.78 is 5.22. The highest BCUT2D eigenvalue weighted by Crippen LogP contribution is 2.19. The van der Waals surface area contributed by atoms with E-state index < -0.39 is 5.91 Å². The number of para-hydroxylation sites is 1. The zero-order chi connectivity index (χ0) is 18.1. The lowest BCUT2D eigenvalue weighted by atomic mass is 10.2. The van der Waals surface area contributed by atoms with Crippen molar-refractivity contribution in [2.45, 2.75) is 6.42 Å². The minimum absolute atomic E-state index is 0.224. The average molecular weight is 335 g/mol. The number of nitrogens with one attached hydrogen (secondary N) is 2. The Balaban J connectivity index is 2.02. The summed E-state index contributed by atoms with van der Waals surface area (Å²) in [7, 11) is 1.57. The molecule has 0 radical (unpaired) electrons. The standard InChI is InChI=1S/C19H17N3O3/c1-25-17-8-3-2-5-14(17)9-10-18(23)21-15-6-4-7-16(13-15)22-19(24)11-12-20/h2-10,13H,11H2,1H3,(H,21,23)(H,22,24)/b10-9+. The second-order valence-electron chi connectivity index (χ2n) is 5.03. The lowest BCUT2D eigenvalue weighted by Crippen LogP contribution is -2.11. The van der Waals surface area contributed by atoms with Crippen molar-refractivity contribution < 1.29 is 14.3 Å². The fraction of sp³-hybridized carbons (Fsp3) is 0.105. The van der Waals surface area contributed by atoms with Crippen LogP contribution in [0.2, 0.25) is 0 Å². The molecule has 2 N–H and O–H groups in total. The van der Waals surface area contributed by atoms with Gasteiger partial charge in [-0.05, 0) is 30.3 Å². The van der Waals surface area contributed by atoms with Crippen LogP contribution in [0.3, 0.4) is 0 Å². The van der Waals surface area contributed by atoms with Gasteiger partial charge in [0, 0.05) is 23.0 Å². The quantitative estimate of drug-likeness (QED) is 0.793. The van der Waals surface area contributed by atoms with Crippen LogP contribution in [-0.2, 0) is 9.59 Å². The minimum atomic E-state index is -0.401. The summed E-state index contributed by atoms with van der Waals surface area (Å²) in [6.07, 6.45) is 2.84. The predicted molar refractivity (Wildman–Crippen MR) is 96.0 cm³/mol. The van der Waals surface area contributed by atoms with Crippen molar-refractivity contribution in [3.8, 4) is 11.8 Å². The molecule has 0 saturated carbocycles. The number of nitrogens with zero attached hydrogens (tertiary/aromatic N) is 1. The van der Waals surface area contributed by atoms with Gasteiger partial charge >= 0.3 is 0 Å². The maximum Gasteiger partial charge on any atom is 0.248 e. The SMILES string of the molecule is COc1ccccc1/C=C/C(=O)Nc1cccc(NC(=O)CC#N)c1. The first-order valence-electron chi connectivity index (χ1n) is 7.51. The van der Waals surface area contributed by atoms with E-state index >= 15 is 0 Å². The molecule has 25 heavy (non-hydrogen) atoms. The van der Waals surface area contributed by atoms with E-state index in [-0.39, 0.29) is 12.3 Å². The first-order chi connectivity index (χ1) is 12.1. The fourth-order valence-corrected chi connectivity index (χ4v) is 2.11. The third-order valence-electron chi connectivity index (χ3n) is 3.21. The van der Waals surface area contributed by atoms with E-state index in [2.05, 4.69) is 10.6 Å². The molecule has 0 aliphatic rings. The van der Waals surface area contributed by atoms with Gasteiger partial charge in [0.2, 0.25) is 11.8 Å². The van der Waals surface area contributed by atoms with Crippen LogP contribution in [0.1, 0.15) is 12.0 Å². The Kier molecular flexibility index (Phi) is 6.32. The minimum Gasteiger partial charge on any atom is -0.496 e. The molecule has 0 bridgehead atoms. The van der Waals surface area contributed by atoms with Gasteiger partial charge in [0.1, 0.15) is 12.2 Å². The van der Waals surface area contributed by atoms with E-state index in [1.54, 1.807) is 43.5 Å². The second-order valence-corrected chi connectivity index (χ2v) is 5.03. The van der Waals surface area contributed by atoms with Gasteiger partial charge in [-0.3, -0.25) is 9.59 Å². The van der Waals surface area contributed by atoms with E-state index in [0.29, 0.717) is 17.1 Å². The molecule has 0 aliphatic carbocycles. The molecule has 0 aromatic heterocycles. The van der Waals surface area contributed by atoms with Gasteiger partial charge in [-0.15, -0.1) is 0 Å². The van der Waals surface area contributed by atoms with Gasteiger partial charge in [-0.25, -0.2) is 0 Å². The van der Waals surface area contributed by atoms with Crippen LogP contribution in [-0.4, -0.2) is 18.9 Å². The molecule has 2 aromatic carbocycles. The molecular formula is C19H17N3O3. The van der Waals surface area contributed by atoms with Crippen molar-refractivity contribution in [1.29, 1.82) is 5.26 Å². The highest BCUT2D eigenvalue weighted by molar-refractivity contribution is 6.02. The number of anilines is 2. The van der Waals surface area contributed by atoms with Crippen LogP contribution in [0.5, 0.6) is 5.75 Å². The van der Waals surface area contributed by atoms with Crippen molar-refractivity contribution >= 4 is 29.3 Å². The summed E-state index contributed by atoms with van der Waals surface area (Å²) in [6.45, 7) is 0. The fourth-order valence-electron chi connectivity index (χ4n) is 2.11. The van der Waals surface area contributed by atoms with Crippen molar-refractivity contribution in [2.75, 3.05) is 17.7 Å². The van der Waals surface area contributed by atoms with E-state index in [4.69, 9.17) is 10.00 Å². The average Bonchev–Trinajstić information content (AvgIpc) is 2.60. The highest BCUT2D eigenvalue weighted by Gasteiger charge is 2.04. The molecular weight excluding hydrogens is 318 g/mol. The van der Waals surface area contributed by atoms with Gasteiger partial charge in [0.25, 0.3) is 0 Å². The third kappa shape index (κ3) is 5.52. The number of nitriles is 1. The molecule has 0 aliphatic heterocycles. The molecule has 6 nitrogen and oxygen atoms in total. The van der Waals surface area contributed by atoms with Crippen molar-refractivity contribution in [2.24, 2.45) is 0 Å². The zero-order valence-electron chi connectivity index (χ0n) is 13.7. The maximum absolute atomic E-state index is 12.1. The molecule has 0 fully saturated rings. The van der Waals surface area contributed by atoms with Crippen molar-refractivity contribution in [1.82, 2.24) is 0 Å². The lowest BCUT2D eigenvalue weighted by molar-refractivity contribution is -0.115. The molecule has 0 heterocycles. The summed E-state index contributed by atoms with van der Waals surface area (Å²) in [4.78, 5) is 23.5. The number of benzene rings is 2. The summed E-state index contributed by atoms with van der Waals surface area (Å²) in [5.74, 6) is -0.0396. The topological polar surface area (TPSA) is 91.2 Å². The number of methoxy groups -OCH3 is 1. The molecule has 0 saturated heterocycles. The normalized spacial score (nSPS) is 10.1. The third-order valence-corrected chi connectivity index (χ3v) is 3.21. The molecule has 126 valence electrons. The van der Waals surface area contributed by atoms with Gasteiger partial charge in [-0.2, -0.15) is 5.26 Å². The molecule has 0 atom stereocenters. The zero-order valence-corrected chi connectivity index (χ0v) is 13.7. The van der Waals surface area contributed by atoms with Crippen LogP contribution >= 0.6 is 0 Å². The van der Waals surface area contributed by atoms with Gasteiger partial charge in [-0.1, -0.05) is 24.3 Å². The molecule has 0 unspecified atom stereocenters. The largest absolute Gasteiger partial charge is 0.496 e. The smallest absolute Gasteiger partial charge is 0.248 e.